The molecule has 0 spiro atoms. The molecule has 0 aliphatic carbocycles. The van der Waals surface area contributed by atoms with Crippen LogP contribution in [0.2, 0.25) is 0 Å². The van der Waals surface area contributed by atoms with Gasteiger partial charge in [0.25, 0.3) is 0 Å². The van der Waals surface area contributed by atoms with Crippen LogP contribution in [0.15, 0.2) is 72.8 Å². The minimum atomic E-state index is 0. The van der Waals surface area contributed by atoms with Crippen molar-refractivity contribution in [2.75, 3.05) is 20.2 Å². The summed E-state index contributed by atoms with van der Waals surface area (Å²) in [4.78, 5) is 15.4. The minimum Gasteiger partial charge on any atom is -0.496 e. The second kappa shape index (κ2) is 11.8. The summed E-state index contributed by atoms with van der Waals surface area (Å²) in [7, 11) is 1.65. The average molecular weight is 444 g/mol. The Hall–Kier alpha value is -2.91. The van der Waals surface area contributed by atoms with Crippen molar-refractivity contribution in [3.63, 3.8) is 0 Å². The van der Waals surface area contributed by atoms with E-state index in [1.165, 1.54) is 30.4 Å². The number of hydrogen-bond acceptors (Lipinski definition) is 3. The molecule has 0 radical (unpaired) electrons. The van der Waals surface area contributed by atoms with E-state index < -0.39 is 0 Å². The van der Waals surface area contributed by atoms with Crippen molar-refractivity contribution in [1.82, 2.24) is 4.90 Å². The maximum Gasteiger partial charge on any atom is 0.167 e. The number of benzene rings is 3. The van der Waals surface area contributed by atoms with Gasteiger partial charge in [0, 0.05) is 24.1 Å². The Balaban J connectivity index is 0.00000306. The van der Waals surface area contributed by atoms with Gasteiger partial charge in [0.15, 0.2) is 5.78 Å². The summed E-state index contributed by atoms with van der Waals surface area (Å²) in [5.41, 5.74) is 5.57. The Morgan fingerprint density at radius 2 is 1.64 bits per heavy atom. The lowest BCUT2D eigenvalue weighted by Crippen LogP contribution is -2.33. The monoisotopic (exact) mass is 443 g/mol. The molecule has 3 heteroatoms. The van der Waals surface area contributed by atoms with Crippen molar-refractivity contribution in [1.29, 1.82) is 0 Å². The van der Waals surface area contributed by atoms with Crippen molar-refractivity contribution in [3.8, 4) is 5.75 Å². The number of methoxy groups -OCH3 is 1. The molecule has 33 heavy (non-hydrogen) atoms. The van der Waals surface area contributed by atoms with Gasteiger partial charge >= 0.3 is 0 Å². The number of likely N-dealkylation sites (tertiary alicyclic amines) is 1. The van der Waals surface area contributed by atoms with Crippen molar-refractivity contribution in [2.45, 2.75) is 46.6 Å². The fraction of sp³-hybridized carbons (Fsp3) is 0.367. The number of piperidine rings is 1. The molecule has 4 rings (SSSR count). The molecule has 1 aliphatic rings. The van der Waals surface area contributed by atoms with E-state index in [2.05, 4.69) is 47.4 Å². The highest BCUT2D eigenvalue weighted by atomic mass is 16.5. The Morgan fingerprint density at radius 3 is 2.30 bits per heavy atom. The fourth-order valence-corrected chi connectivity index (χ4v) is 4.67. The molecule has 0 unspecified atom stereocenters. The van der Waals surface area contributed by atoms with Crippen molar-refractivity contribution < 1.29 is 9.53 Å². The number of nitrogens with zero attached hydrogens (tertiary/aromatic N) is 1. The van der Waals surface area contributed by atoms with Gasteiger partial charge in [0.1, 0.15) is 5.75 Å². The summed E-state index contributed by atoms with van der Waals surface area (Å²) >= 11 is 0. The van der Waals surface area contributed by atoms with Gasteiger partial charge in [-0.05, 0) is 62.4 Å². The first kappa shape index (κ1) is 24.7. The van der Waals surface area contributed by atoms with Crippen LogP contribution in [0.1, 0.15) is 52.9 Å². The number of rotatable bonds is 8. The number of aryl methyl sites for hydroxylation is 1. The maximum atomic E-state index is 12.8. The largest absolute Gasteiger partial charge is 0.496 e. The highest BCUT2D eigenvalue weighted by Crippen LogP contribution is 2.24. The van der Waals surface area contributed by atoms with E-state index in [-0.39, 0.29) is 13.2 Å². The van der Waals surface area contributed by atoms with Crippen LogP contribution < -0.4 is 4.74 Å². The van der Waals surface area contributed by atoms with Crippen LogP contribution in [0.4, 0.5) is 0 Å². The molecule has 0 saturated carbocycles. The topological polar surface area (TPSA) is 29.5 Å². The van der Waals surface area contributed by atoms with Gasteiger partial charge in [-0.3, -0.25) is 9.69 Å². The third-order valence-corrected chi connectivity index (χ3v) is 6.54. The Bertz CT molecular complexity index is 1020. The number of ether oxygens (including phenoxy) is 1. The summed E-state index contributed by atoms with van der Waals surface area (Å²) in [6, 6.07) is 25.0. The summed E-state index contributed by atoms with van der Waals surface area (Å²) < 4.78 is 5.42. The van der Waals surface area contributed by atoms with E-state index in [9.17, 15) is 4.79 Å². The highest BCUT2D eigenvalue weighted by molar-refractivity contribution is 5.97. The molecule has 1 saturated heterocycles. The van der Waals surface area contributed by atoms with Crippen molar-refractivity contribution in [3.05, 3.63) is 101 Å². The molecule has 0 N–H and O–H groups in total. The standard InChI is InChI=1S/C29H33NO2.CH4/c1-22-8-13-29(32-2)27(18-22)20-28(31)26-11-9-25(10-12-26)21-30-16-14-24(15-17-30)19-23-6-4-3-5-7-23;/h3-13,18,24H,14-17,19-21H2,1-2H3;1H4. The van der Waals surface area contributed by atoms with Gasteiger partial charge in [-0.1, -0.05) is 79.7 Å². The van der Waals surface area contributed by atoms with Crippen LogP contribution >= 0.6 is 0 Å². The fourth-order valence-electron chi connectivity index (χ4n) is 4.67. The van der Waals surface area contributed by atoms with Gasteiger partial charge in [0.05, 0.1) is 7.11 Å². The van der Waals surface area contributed by atoms with E-state index in [1.54, 1.807) is 7.11 Å². The van der Waals surface area contributed by atoms with Gasteiger partial charge in [-0.25, -0.2) is 0 Å². The maximum absolute atomic E-state index is 12.8. The van der Waals surface area contributed by atoms with Crippen LogP contribution in [-0.4, -0.2) is 30.9 Å². The smallest absolute Gasteiger partial charge is 0.167 e. The first-order valence-corrected chi connectivity index (χ1v) is 11.6. The number of Topliss-reactive ketones (excluding diaryl/α,β-unsaturated/α-hetero) is 1. The predicted molar refractivity (Wildman–Crippen MR) is 137 cm³/mol. The van der Waals surface area contributed by atoms with Crippen LogP contribution in [0, 0.1) is 12.8 Å². The van der Waals surface area contributed by atoms with E-state index >= 15 is 0 Å². The summed E-state index contributed by atoms with van der Waals surface area (Å²) in [5, 5.41) is 0. The summed E-state index contributed by atoms with van der Waals surface area (Å²) in [5.74, 6) is 1.69. The molecule has 3 nitrogen and oxygen atoms in total. The first-order chi connectivity index (χ1) is 15.6. The molecule has 0 amide bonds. The quantitative estimate of drug-likeness (QED) is 0.371. The molecular weight excluding hydrogens is 406 g/mol. The average Bonchev–Trinajstić information content (AvgIpc) is 2.82. The zero-order chi connectivity index (χ0) is 22.3. The van der Waals surface area contributed by atoms with Crippen LogP contribution in [-0.2, 0) is 19.4 Å². The zero-order valence-electron chi connectivity index (χ0n) is 19.2. The lowest BCUT2D eigenvalue weighted by Gasteiger charge is -2.32. The third-order valence-electron chi connectivity index (χ3n) is 6.54. The molecule has 1 heterocycles. The predicted octanol–water partition coefficient (Wildman–Crippen LogP) is 6.52. The molecule has 1 aliphatic heterocycles. The summed E-state index contributed by atoms with van der Waals surface area (Å²) in [6.07, 6.45) is 4.06. The molecule has 0 atom stereocenters. The zero-order valence-corrected chi connectivity index (χ0v) is 19.2. The molecular formula is C30H37NO2. The lowest BCUT2D eigenvalue weighted by atomic mass is 9.90. The van der Waals surface area contributed by atoms with Gasteiger partial charge in [-0.15, -0.1) is 0 Å². The third kappa shape index (κ3) is 6.79. The first-order valence-electron chi connectivity index (χ1n) is 11.6. The lowest BCUT2D eigenvalue weighted by molar-refractivity contribution is 0.0992. The normalized spacial score (nSPS) is 14.5. The molecule has 3 aromatic rings. The Morgan fingerprint density at radius 1 is 0.939 bits per heavy atom. The SMILES string of the molecule is C.COc1ccc(C)cc1CC(=O)c1ccc(CN2CCC(Cc3ccccc3)CC2)cc1. The molecule has 1 fully saturated rings. The van der Waals surface area contributed by atoms with Crippen LogP contribution in [0.25, 0.3) is 0 Å². The molecule has 0 aromatic heterocycles. The van der Waals surface area contributed by atoms with E-state index in [0.29, 0.717) is 6.42 Å². The Labute approximate surface area is 199 Å². The van der Waals surface area contributed by atoms with E-state index in [4.69, 9.17) is 4.74 Å². The molecule has 174 valence electrons. The number of hydrogen-bond donors (Lipinski definition) is 0. The number of carbonyl (C=O) groups excluding carboxylic acids is 1. The van der Waals surface area contributed by atoms with Gasteiger partial charge < -0.3 is 4.74 Å². The van der Waals surface area contributed by atoms with E-state index in [0.717, 1.165) is 48.0 Å². The molecule has 0 bridgehead atoms. The van der Waals surface area contributed by atoms with Crippen molar-refractivity contribution >= 4 is 5.78 Å². The van der Waals surface area contributed by atoms with Crippen LogP contribution in [0.3, 0.4) is 0 Å². The van der Waals surface area contributed by atoms with Gasteiger partial charge in [-0.2, -0.15) is 0 Å². The van der Waals surface area contributed by atoms with Gasteiger partial charge in [0.2, 0.25) is 0 Å². The molecule has 3 aromatic carbocycles. The van der Waals surface area contributed by atoms with Crippen LogP contribution in [0.5, 0.6) is 5.75 Å². The number of ketones is 1. The minimum absolute atomic E-state index is 0. The number of carbonyl (C=O) groups is 1. The Kier molecular flexibility index (Phi) is 8.85. The second-order valence-corrected chi connectivity index (χ2v) is 9.02. The van der Waals surface area contributed by atoms with E-state index in [1.807, 2.05) is 37.3 Å². The highest BCUT2D eigenvalue weighted by Gasteiger charge is 2.19. The second-order valence-electron chi connectivity index (χ2n) is 9.02. The van der Waals surface area contributed by atoms with Crippen molar-refractivity contribution in [2.24, 2.45) is 5.92 Å². The summed E-state index contributed by atoms with van der Waals surface area (Å²) in [6.45, 7) is 5.28.